The van der Waals surface area contributed by atoms with Gasteiger partial charge in [-0.05, 0) is 43.4 Å². The molecule has 112 valence electrons. The highest BCUT2D eigenvalue weighted by atomic mass is 15.2. The molecule has 2 rings (SSSR count). The summed E-state index contributed by atoms with van der Waals surface area (Å²) >= 11 is 0. The lowest BCUT2D eigenvalue weighted by Crippen LogP contribution is -2.61. The Balaban J connectivity index is 2.24. The SMILES string of the molecule is CCC1CNC(C)(C)CN1c1ccc(C(C)(C)C)cc1. The second kappa shape index (κ2) is 5.40. The van der Waals surface area contributed by atoms with Crippen LogP contribution < -0.4 is 10.2 Å². The molecule has 0 spiro atoms. The summed E-state index contributed by atoms with van der Waals surface area (Å²) in [4.78, 5) is 2.57. The summed E-state index contributed by atoms with van der Waals surface area (Å²) in [5.74, 6) is 0. The highest BCUT2D eigenvalue weighted by molar-refractivity contribution is 5.50. The van der Waals surface area contributed by atoms with Gasteiger partial charge in [-0.15, -0.1) is 0 Å². The van der Waals surface area contributed by atoms with E-state index in [1.54, 1.807) is 0 Å². The Morgan fingerprint density at radius 3 is 2.30 bits per heavy atom. The lowest BCUT2D eigenvalue weighted by atomic mass is 9.87. The van der Waals surface area contributed by atoms with E-state index in [0.717, 1.165) is 13.1 Å². The maximum absolute atomic E-state index is 3.65. The van der Waals surface area contributed by atoms with Crippen molar-refractivity contribution in [1.82, 2.24) is 5.32 Å². The van der Waals surface area contributed by atoms with Crippen molar-refractivity contribution in [3.8, 4) is 0 Å². The summed E-state index contributed by atoms with van der Waals surface area (Å²) in [6.07, 6.45) is 1.18. The molecule has 0 radical (unpaired) electrons. The number of anilines is 1. The third-order valence-electron chi connectivity index (χ3n) is 4.36. The molecule has 1 aliphatic rings. The molecule has 0 bridgehead atoms. The number of hydrogen-bond donors (Lipinski definition) is 1. The average Bonchev–Trinajstić information content (AvgIpc) is 2.37. The molecule has 2 nitrogen and oxygen atoms in total. The molecule has 20 heavy (non-hydrogen) atoms. The molecule has 0 aromatic heterocycles. The fraction of sp³-hybridized carbons (Fsp3) is 0.667. The highest BCUT2D eigenvalue weighted by Crippen LogP contribution is 2.28. The molecule has 0 saturated carbocycles. The number of nitrogens with zero attached hydrogens (tertiary/aromatic N) is 1. The molecule has 1 N–H and O–H groups in total. The second-order valence-corrected chi connectivity index (χ2v) is 7.75. The van der Waals surface area contributed by atoms with Crippen molar-refractivity contribution in [2.45, 2.75) is 65.0 Å². The third-order valence-corrected chi connectivity index (χ3v) is 4.36. The quantitative estimate of drug-likeness (QED) is 0.878. The molecule has 1 aliphatic heterocycles. The third kappa shape index (κ3) is 3.35. The first-order chi connectivity index (χ1) is 9.23. The topological polar surface area (TPSA) is 15.3 Å². The van der Waals surface area contributed by atoms with E-state index in [-0.39, 0.29) is 11.0 Å². The van der Waals surface area contributed by atoms with Gasteiger partial charge in [0.2, 0.25) is 0 Å². The Kier molecular flexibility index (Phi) is 4.15. The first-order valence-electron chi connectivity index (χ1n) is 7.85. The smallest absolute Gasteiger partial charge is 0.0412 e. The van der Waals surface area contributed by atoms with Crippen molar-refractivity contribution in [3.05, 3.63) is 29.8 Å². The lowest BCUT2D eigenvalue weighted by Gasteiger charge is -2.46. The summed E-state index contributed by atoms with van der Waals surface area (Å²) in [7, 11) is 0. The van der Waals surface area contributed by atoms with E-state index < -0.39 is 0 Å². The summed E-state index contributed by atoms with van der Waals surface area (Å²) in [5, 5.41) is 3.65. The van der Waals surface area contributed by atoms with Crippen molar-refractivity contribution in [2.24, 2.45) is 0 Å². The Morgan fingerprint density at radius 1 is 1.20 bits per heavy atom. The Hall–Kier alpha value is -1.02. The molecule has 1 heterocycles. The van der Waals surface area contributed by atoms with Crippen LogP contribution in [0, 0.1) is 0 Å². The van der Waals surface area contributed by atoms with E-state index in [2.05, 4.69) is 76.0 Å². The lowest BCUT2D eigenvalue weighted by molar-refractivity contribution is 0.306. The number of nitrogens with one attached hydrogen (secondary N) is 1. The number of piperazine rings is 1. The number of rotatable bonds is 2. The monoisotopic (exact) mass is 274 g/mol. The van der Waals surface area contributed by atoms with Gasteiger partial charge in [0, 0.05) is 30.4 Å². The van der Waals surface area contributed by atoms with Crippen LogP contribution in [0.5, 0.6) is 0 Å². The van der Waals surface area contributed by atoms with Crippen LogP contribution in [0.4, 0.5) is 5.69 Å². The van der Waals surface area contributed by atoms with Crippen molar-refractivity contribution in [2.75, 3.05) is 18.0 Å². The van der Waals surface area contributed by atoms with Gasteiger partial charge in [-0.2, -0.15) is 0 Å². The van der Waals surface area contributed by atoms with Crippen LogP contribution >= 0.6 is 0 Å². The fourth-order valence-corrected chi connectivity index (χ4v) is 2.93. The van der Waals surface area contributed by atoms with Gasteiger partial charge in [0.15, 0.2) is 0 Å². The Bertz CT molecular complexity index is 439. The molecule has 2 heteroatoms. The molecule has 0 amide bonds. The zero-order valence-corrected chi connectivity index (χ0v) is 14.0. The second-order valence-electron chi connectivity index (χ2n) is 7.75. The van der Waals surface area contributed by atoms with Gasteiger partial charge >= 0.3 is 0 Å². The zero-order chi connectivity index (χ0) is 15.0. The highest BCUT2D eigenvalue weighted by Gasteiger charge is 2.31. The van der Waals surface area contributed by atoms with E-state index >= 15 is 0 Å². The largest absolute Gasteiger partial charge is 0.365 e. The van der Waals surface area contributed by atoms with Crippen LogP contribution in [0.1, 0.15) is 53.5 Å². The van der Waals surface area contributed by atoms with Crippen molar-refractivity contribution in [1.29, 1.82) is 0 Å². The van der Waals surface area contributed by atoms with Gasteiger partial charge in [0.05, 0.1) is 0 Å². The van der Waals surface area contributed by atoms with Gasteiger partial charge in [-0.1, -0.05) is 39.8 Å². The van der Waals surface area contributed by atoms with Gasteiger partial charge in [0.1, 0.15) is 0 Å². The molecule has 1 atom stereocenters. The maximum atomic E-state index is 3.65. The van der Waals surface area contributed by atoms with Crippen molar-refractivity contribution in [3.63, 3.8) is 0 Å². The van der Waals surface area contributed by atoms with E-state index in [0.29, 0.717) is 6.04 Å². The van der Waals surface area contributed by atoms with Crippen LogP contribution in [0.2, 0.25) is 0 Å². The minimum Gasteiger partial charge on any atom is -0.365 e. The number of hydrogen-bond acceptors (Lipinski definition) is 2. The molecule has 1 fully saturated rings. The average molecular weight is 274 g/mol. The van der Waals surface area contributed by atoms with Crippen LogP contribution in [0.3, 0.4) is 0 Å². The van der Waals surface area contributed by atoms with E-state index in [4.69, 9.17) is 0 Å². The summed E-state index contributed by atoms with van der Waals surface area (Å²) in [6, 6.07) is 9.77. The van der Waals surface area contributed by atoms with Gasteiger partial charge in [0.25, 0.3) is 0 Å². The molecule has 1 aromatic rings. The summed E-state index contributed by atoms with van der Waals surface area (Å²) in [6.45, 7) is 15.8. The first kappa shape index (κ1) is 15.4. The Labute approximate surface area is 124 Å². The van der Waals surface area contributed by atoms with Gasteiger partial charge in [-0.3, -0.25) is 0 Å². The van der Waals surface area contributed by atoms with Crippen LogP contribution in [-0.4, -0.2) is 24.7 Å². The Morgan fingerprint density at radius 2 is 1.80 bits per heavy atom. The minimum absolute atomic E-state index is 0.189. The molecule has 1 saturated heterocycles. The normalized spacial score (nSPS) is 22.9. The summed E-state index contributed by atoms with van der Waals surface area (Å²) < 4.78 is 0. The van der Waals surface area contributed by atoms with Gasteiger partial charge in [-0.25, -0.2) is 0 Å². The zero-order valence-electron chi connectivity index (χ0n) is 14.0. The van der Waals surface area contributed by atoms with Crippen LogP contribution in [0.15, 0.2) is 24.3 Å². The van der Waals surface area contributed by atoms with E-state index in [1.807, 2.05) is 0 Å². The van der Waals surface area contributed by atoms with E-state index in [9.17, 15) is 0 Å². The fourth-order valence-electron chi connectivity index (χ4n) is 2.93. The molecule has 1 aromatic carbocycles. The predicted molar refractivity (Wildman–Crippen MR) is 88.6 cm³/mol. The van der Waals surface area contributed by atoms with Crippen molar-refractivity contribution < 1.29 is 0 Å². The molecule has 1 unspecified atom stereocenters. The summed E-state index contributed by atoms with van der Waals surface area (Å²) in [5.41, 5.74) is 3.18. The molecular weight excluding hydrogens is 244 g/mol. The molecular formula is C18H30N2. The predicted octanol–water partition coefficient (Wildman–Crippen LogP) is 3.95. The first-order valence-corrected chi connectivity index (χ1v) is 7.85. The standard InChI is InChI=1S/C18H30N2/c1-7-15-12-19-18(5,6)13-20(15)16-10-8-14(9-11-16)17(2,3)4/h8-11,15,19H,7,12-13H2,1-6H3. The minimum atomic E-state index is 0.189. The van der Waals surface area contributed by atoms with Gasteiger partial charge < -0.3 is 10.2 Å². The van der Waals surface area contributed by atoms with Crippen LogP contribution in [0.25, 0.3) is 0 Å². The van der Waals surface area contributed by atoms with Crippen molar-refractivity contribution >= 4 is 5.69 Å². The van der Waals surface area contributed by atoms with Crippen LogP contribution in [-0.2, 0) is 5.41 Å². The molecule has 0 aliphatic carbocycles. The van der Waals surface area contributed by atoms with E-state index in [1.165, 1.54) is 17.7 Å². The maximum Gasteiger partial charge on any atom is 0.0412 e. The number of benzene rings is 1.